The third kappa shape index (κ3) is 3.14. The van der Waals surface area contributed by atoms with Crippen LogP contribution in [0.4, 0.5) is 5.69 Å². The van der Waals surface area contributed by atoms with Crippen LogP contribution < -0.4 is 10.3 Å². The van der Waals surface area contributed by atoms with Gasteiger partial charge in [0.15, 0.2) is 11.6 Å². The number of aromatic nitrogens is 2. The van der Waals surface area contributed by atoms with Gasteiger partial charge in [-0.1, -0.05) is 18.2 Å². The number of nitrogens with one attached hydrogen (secondary N) is 1. The fourth-order valence-corrected chi connectivity index (χ4v) is 2.47. The third-order valence-corrected chi connectivity index (χ3v) is 3.70. The molecule has 0 unspecified atom stereocenters. The van der Waals surface area contributed by atoms with E-state index in [0.717, 1.165) is 0 Å². The van der Waals surface area contributed by atoms with Crippen LogP contribution in [0.2, 0.25) is 0 Å². The number of hydrogen-bond donors (Lipinski definition) is 1. The smallest absolute Gasteiger partial charge is 0.311 e. The minimum absolute atomic E-state index is 0.0762. The van der Waals surface area contributed by atoms with Crippen LogP contribution in [-0.4, -0.2) is 22.0 Å². The number of para-hydroxylation sites is 1. The molecule has 0 atom stereocenters. The van der Waals surface area contributed by atoms with E-state index in [1.807, 2.05) is 6.07 Å². The number of benzene rings is 2. The van der Waals surface area contributed by atoms with Gasteiger partial charge in [-0.3, -0.25) is 14.9 Å². The molecule has 0 amide bonds. The van der Waals surface area contributed by atoms with Gasteiger partial charge in [-0.05, 0) is 29.8 Å². The van der Waals surface area contributed by atoms with Gasteiger partial charge in [0.2, 0.25) is 0 Å². The lowest BCUT2D eigenvalue weighted by atomic mass is 10.1. The van der Waals surface area contributed by atoms with Crippen molar-refractivity contribution in [2.45, 2.75) is 0 Å². The Balaban J connectivity index is 2.13. The lowest BCUT2D eigenvalue weighted by Gasteiger charge is -2.04. The molecule has 0 aliphatic heterocycles. The first-order chi connectivity index (χ1) is 12.5. The highest BCUT2D eigenvalue weighted by Crippen LogP contribution is 2.29. The normalized spacial score (nSPS) is 11.2. The number of nitriles is 1. The van der Waals surface area contributed by atoms with E-state index >= 15 is 0 Å². The Hall–Kier alpha value is -3.99. The molecule has 0 fully saturated rings. The molecule has 0 aliphatic carbocycles. The highest BCUT2D eigenvalue weighted by Gasteiger charge is 2.15. The molecule has 0 saturated heterocycles. The fraction of sp³-hybridized carbons (Fsp3) is 0.0556. The monoisotopic (exact) mass is 348 g/mol. The molecule has 0 bridgehead atoms. The van der Waals surface area contributed by atoms with E-state index in [9.17, 15) is 20.2 Å². The first-order valence-electron chi connectivity index (χ1n) is 7.47. The summed E-state index contributed by atoms with van der Waals surface area (Å²) in [5.41, 5.74) is 0.344. The molecule has 128 valence electrons. The van der Waals surface area contributed by atoms with Crippen molar-refractivity contribution in [3.8, 4) is 11.8 Å². The van der Waals surface area contributed by atoms with Gasteiger partial charge >= 0.3 is 5.69 Å². The molecule has 8 nitrogen and oxygen atoms in total. The summed E-state index contributed by atoms with van der Waals surface area (Å²) in [7, 11) is 1.34. The van der Waals surface area contributed by atoms with E-state index in [4.69, 9.17) is 4.74 Å². The van der Waals surface area contributed by atoms with Crippen molar-refractivity contribution < 1.29 is 9.66 Å². The zero-order valence-electron chi connectivity index (χ0n) is 13.6. The number of hydrogen-bond acceptors (Lipinski definition) is 6. The second-order valence-electron chi connectivity index (χ2n) is 5.29. The fourth-order valence-electron chi connectivity index (χ4n) is 2.47. The molecule has 0 spiro atoms. The van der Waals surface area contributed by atoms with Gasteiger partial charge in [0.05, 0.1) is 28.5 Å². The highest BCUT2D eigenvalue weighted by molar-refractivity contribution is 5.89. The number of nitrogens with zero attached hydrogens (tertiary/aromatic N) is 3. The van der Waals surface area contributed by atoms with E-state index in [1.54, 1.807) is 30.3 Å². The second kappa shape index (κ2) is 6.86. The summed E-state index contributed by atoms with van der Waals surface area (Å²) >= 11 is 0. The van der Waals surface area contributed by atoms with Gasteiger partial charge in [0.25, 0.3) is 5.56 Å². The Morgan fingerprint density at radius 3 is 2.81 bits per heavy atom. The second-order valence-corrected chi connectivity index (χ2v) is 5.29. The zero-order chi connectivity index (χ0) is 18.7. The Morgan fingerprint density at radius 2 is 2.12 bits per heavy atom. The molecule has 3 rings (SSSR count). The molecule has 0 aliphatic rings. The number of H-pyrrole nitrogens is 1. The van der Waals surface area contributed by atoms with Gasteiger partial charge in [-0.2, -0.15) is 5.26 Å². The average Bonchev–Trinajstić information content (AvgIpc) is 2.65. The lowest BCUT2D eigenvalue weighted by Crippen LogP contribution is -2.11. The number of aromatic amines is 1. The average molecular weight is 348 g/mol. The number of allylic oxidation sites excluding steroid dienone is 1. The number of nitro groups is 1. The molecule has 0 radical (unpaired) electrons. The van der Waals surface area contributed by atoms with Gasteiger partial charge < -0.3 is 9.72 Å². The standard InChI is InChI=1S/C18H12N4O4/c1-26-16-7-6-11(9-15(16)22(24)25)8-12(10-19)17-20-14-5-3-2-4-13(14)18(23)21-17/h2-9H,1H3,(H,20,21,23)/b12-8-. The van der Waals surface area contributed by atoms with Crippen LogP contribution in [0.15, 0.2) is 47.3 Å². The van der Waals surface area contributed by atoms with E-state index < -0.39 is 4.92 Å². The SMILES string of the molecule is COc1ccc(/C=C(/C#N)c2nc3ccccc3c(=O)[nH]2)cc1[N+](=O)[O-]. The minimum Gasteiger partial charge on any atom is -0.490 e. The Morgan fingerprint density at radius 1 is 1.35 bits per heavy atom. The van der Waals surface area contributed by atoms with Gasteiger partial charge in [-0.25, -0.2) is 4.98 Å². The van der Waals surface area contributed by atoms with Crippen molar-refractivity contribution in [1.29, 1.82) is 5.26 Å². The first kappa shape index (κ1) is 16.9. The van der Waals surface area contributed by atoms with Gasteiger partial charge in [0, 0.05) is 6.07 Å². The molecule has 8 heteroatoms. The largest absolute Gasteiger partial charge is 0.490 e. The maximum atomic E-state index is 12.2. The van der Waals surface area contributed by atoms with Crippen molar-refractivity contribution in [2.75, 3.05) is 7.11 Å². The van der Waals surface area contributed by atoms with Crippen LogP contribution >= 0.6 is 0 Å². The van der Waals surface area contributed by atoms with E-state index in [-0.39, 0.29) is 28.4 Å². The number of nitro benzene ring substituents is 1. The Labute approximate surface area is 147 Å². The Kier molecular flexibility index (Phi) is 4.45. The molecular formula is C18H12N4O4. The quantitative estimate of drug-likeness (QED) is 0.439. The van der Waals surface area contributed by atoms with Crippen LogP contribution in [0, 0.1) is 21.4 Å². The molecule has 2 aromatic carbocycles. The molecular weight excluding hydrogens is 336 g/mol. The molecule has 1 heterocycles. The maximum Gasteiger partial charge on any atom is 0.311 e. The maximum absolute atomic E-state index is 12.2. The van der Waals surface area contributed by atoms with Crippen LogP contribution in [0.3, 0.4) is 0 Å². The zero-order valence-corrected chi connectivity index (χ0v) is 13.6. The predicted molar refractivity (Wildman–Crippen MR) is 95.5 cm³/mol. The van der Waals surface area contributed by atoms with Crippen LogP contribution in [0.5, 0.6) is 5.75 Å². The summed E-state index contributed by atoms with van der Waals surface area (Å²) in [6.45, 7) is 0. The van der Waals surface area contributed by atoms with Crippen molar-refractivity contribution >= 4 is 28.2 Å². The molecule has 3 aromatic rings. The van der Waals surface area contributed by atoms with Gasteiger partial charge in [0.1, 0.15) is 6.07 Å². The summed E-state index contributed by atoms with van der Waals surface area (Å²) in [4.78, 5) is 29.6. The number of ether oxygens (including phenoxy) is 1. The van der Waals surface area contributed by atoms with Gasteiger partial charge in [-0.15, -0.1) is 0 Å². The first-order valence-corrected chi connectivity index (χ1v) is 7.47. The van der Waals surface area contributed by atoms with Crippen molar-refractivity contribution in [2.24, 2.45) is 0 Å². The summed E-state index contributed by atoms with van der Waals surface area (Å²) in [6.07, 6.45) is 1.42. The summed E-state index contributed by atoms with van der Waals surface area (Å²) < 4.78 is 4.95. The summed E-state index contributed by atoms with van der Waals surface area (Å²) in [5, 5.41) is 21.0. The van der Waals surface area contributed by atoms with Crippen LogP contribution in [-0.2, 0) is 0 Å². The lowest BCUT2D eigenvalue weighted by molar-refractivity contribution is -0.385. The molecule has 1 aromatic heterocycles. The predicted octanol–water partition coefficient (Wildman–Crippen LogP) is 2.90. The van der Waals surface area contributed by atoms with Crippen molar-refractivity contribution in [1.82, 2.24) is 9.97 Å². The highest BCUT2D eigenvalue weighted by atomic mass is 16.6. The van der Waals surface area contributed by atoms with Crippen molar-refractivity contribution in [3.05, 3.63) is 74.3 Å². The van der Waals surface area contributed by atoms with Crippen LogP contribution in [0.1, 0.15) is 11.4 Å². The summed E-state index contributed by atoms with van der Waals surface area (Å²) in [6, 6.07) is 13.0. The Bertz CT molecular complexity index is 1140. The number of methoxy groups -OCH3 is 1. The summed E-state index contributed by atoms with van der Waals surface area (Å²) in [5.74, 6) is 0.206. The van der Waals surface area contributed by atoms with Crippen molar-refractivity contribution in [3.63, 3.8) is 0 Å². The molecule has 1 N–H and O–H groups in total. The minimum atomic E-state index is -0.571. The topological polar surface area (TPSA) is 122 Å². The van der Waals surface area contributed by atoms with Crippen LogP contribution in [0.25, 0.3) is 22.6 Å². The van der Waals surface area contributed by atoms with E-state index in [2.05, 4.69) is 9.97 Å². The molecule has 26 heavy (non-hydrogen) atoms. The number of fused-ring (bicyclic) bond motifs is 1. The third-order valence-electron chi connectivity index (χ3n) is 3.70. The number of rotatable bonds is 4. The molecule has 0 saturated carbocycles. The van der Waals surface area contributed by atoms with E-state index in [1.165, 1.54) is 25.3 Å². The van der Waals surface area contributed by atoms with E-state index in [0.29, 0.717) is 16.5 Å².